The van der Waals surface area contributed by atoms with Crippen LogP contribution < -0.4 is 4.90 Å². The summed E-state index contributed by atoms with van der Waals surface area (Å²) in [6.45, 7) is 12.3. The van der Waals surface area contributed by atoms with Gasteiger partial charge in [0.25, 0.3) is 0 Å². The number of β-amino-alcohol motifs (C(OH)–C–C–N with tert-alkyl or cyclic N) is 1. The Morgan fingerprint density at radius 2 is 1.96 bits per heavy atom. The monoisotopic (exact) mass is 354 g/mol. The average molecular weight is 355 g/mol. The van der Waals surface area contributed by atoms with Crippen molar-refractivity contribution in [1.29, 1.82) is 0 Å². The smallest absolute Gasteiger partial charge is 0.208 e. The number of rotatable bonds is 5. The van der Waals surface area contributed by atoms with Crippen LogP contribution >= 0.6 is 11.3 Å². The van der Waals surface area contributed by atoms with E-state index in [0.29, 0.717) is 0 Å². The van der Waals surface area contributed by atoms with Crippen molar-refractivity contribution < 1.29 is 9.84 Å². The molecule has 3 rings (SSSR count). The van der Waals surface area contributed by atoms with Crippen LogP contribution in [0.4, 0.5) is 5.13 Å². The summed E-state index contributed by atoms with van der Waals surface area (Å²) in [5.74, 6) is 0. The molecule has 2 aliphatic heterocycles. The molecule has 1 aromatic rings. The first-order chi connectivity index (χ1) is 11.4. The molecule has 0 bridgehead atoms. The third-order valence-corrected chi connectivity index (χ3v) is 6.46. The fourth-order valence-electron chi connectivity index (χ4n) is 3.63. The molecule has 1 aromatic heterocycles. The van der Waals surface area contributed by atoms with Gasteiger partial charge in [-0.25, -0.2) is 0 Å². The van der Waals surface area contributed by atoms with Gasteiger partial charge in [-0.3, -0.25) is 4.90 Å². The summed E-state index contributed by atoms with van der Waals surface area (Å²) >= 11 is 1.70. The van der Waals surface area contributed by atoms with Crippen LogP contribution in [0.2, 0.25) is 0 Å². The second-order valence-corrected chi connectivity index (χ2v) is 8.74. The minimum Gasteiger partial charge on any atom is -0.388 e. The number of aryl methyl sites for hydroxylation is 1. The molecule has 0 aromatic carbocycles. The fourth-order valence-corrected chi connectivity index (χ4v) is 4.60. The third kappa shape index (κ3) is 3.74. The van der Waals surface area contributed by atoms with Crippen LogP contribution in [0.15, 0.2) is 0 Å². The lowest BCUT2D eigenvalue weighted by molar-refractivity contribution is -0.111. The Morgan fingerprint density at radius 3 is 2.62 bits per heavy atom. The van der Waals surface area contributed by atoms with E-state index in [1.54, 1.807) is 11.3 Å². The molecule has 0 radical (unpaired) electrons. The molecule has 2 saturated heterocycles. The van der Waals surface area contributed by atoms with Crippen molar-refractivity contribution in [3.05, 3.63) is 5.01 Å². The van der Waals surface area contributed by atoms with Crippen LogP contribution in [0, 0.1) is 5.41 Å². The van der Waals surface area contributed by atoms with Crippen LogP contribution in [0.5, 0.6) is 0 Å². The minimum absolute atomic E-state index is 0.194. The highest BCUT2D eigenvalue weighted by atomic mass is 32.1. The van der Waals surface area contributed by atoms with Gasteiger partial charge in [0, 0.05) is 44.6 Å². The second kappa shape index (κ2) is 7.23. The van der Waals surface area contributed by atoms with Gasteiger partial charge in [0.1, 0.15) is 5.01 Å². The second-order valence-electron chi connectivity index (χ2n) is 7.70. The van der Waals surface area contributed by atoms with Gasteiger partial charge in [-0.05, 0) is 12.8 Å². The zero-order chi connectivity index (χ0) is 17.2. The van der Waals surface area contributed by atoms with Crippen LogP contribution in [-0.2, 0) is 11.2 Å². The summed E-state index contributed by atoms with van der Waals surface area (Å²) in [5, 5.41) is 22.1. The molecule has 1 atom stereocenters. The van der Waals surface area contributed by atoms with E-state index in [-0.39, 0.29) is 5.41 Å². The van der Waals surface area contributed by atoms with Gasteiger partial charge in [0.05, 0.1) is 18.8 Å². The Kier molecular flexibility index (Phi) is 5.44. The Hall–Kier alpha value is -0.760. The zero-order valence-corrected chi connectivity index (χ0v) is 15.9. The van der Waals surface area contributed by atoms with E-state index in [2.05, 4.69) is 40.8 Å². The van der Waals surface area contributed by atoms with Crippen LogP contribution in [0.3, 0.4) is 0 Å². The standard InChI is InChI=1S/C17H30N4O2S/c1-4-5-14-18-19-15(24-14)21-7-6-17(22,16(2,3)12-21)13-20-8-10-23-11-9-20/h22H,4-13H2,1-3H3/t17-/m1/s1. The van der Waals surface area contributed by atoms with Gasteiger partial charge < -0.3 is 14.7 Å². The number of aromatic nitrogens is 2. The van der Waals surface area contributed by atoms with E-state index in [9.17, 15) is 5.11 Å². The van der Waals surface area contributed by atoms with Crippen molar-refractivity contribution in [3.8, 4) is 0 Å². The van der Waals surface area contributed by atoms with Crippen molar-refractivity contribution in [2.24, 2.45) is 5.41 Å². The number of aliphatic hydroxyl groups is 1. The van der Waals surface area contributed by atoms with Crippen molar-refractivity contribution in [2.45, 2.75) is 45.6 Å². The maximum atomic E-state index is 11.4. The predicted molar refractivity (Wildman–Crippen MR) is 96.7 cm³/mol. The van der Waals surface area contributed by atoms with Gasteiger partial charge in [-0.15, -0.1) is 10.2 Å². The Labute approximate surface area is 148 Å². The quantitative estimate of drug-likeness (QED) is 0.870. The van der Waals surface area contributed by atoms with E-state index in [0.717, 1.165) is 75.3 Å². The van der Waals surface area contributed by atoms with Gasteiger partial charge in [-0.1, -0.05) is 32.1 Å². The Morgan fingerprint density at radius 1 is 1.21 bits per heavy atom. The van der Waals surface area contributed by atoms with Crippen molar-refractivity contribution in [3.63, 3.8) is 0 Å². The summed E-state index contributed by atoms with van der Waals surface area (Å²) < 4.78 is 5.43. The topological polar surface area (TPSA) is 61.7 Å². The maximum absolute atomic E-state index is 11.4. The fraction of sp³-hybridized carbons (Fsp3) is 0.882. The number of piperidine rings is 1. The predicted octanol–water partition coefficient (Wildman–Crippen LogP) is 1.79. The highest BCUT2D eigenvalue weighted by Gasteiger charge is 2.49. The zero-order valence-electron chi connectivity index (χ0n) is 15.1. The summed E-state index contributed by atoms with van der Waals surface area (Å²) in [6, 6.07) is 0. The molecular formula is C17H30N4O2S. The average Bonchev–Trinajstić information content (AvgIpc) is 3.00. The number of anilines is 1. The highest BCUT2D eigenvalue weighted by molar-refractivity contribution is 7.15. The van der Waals surface area contributed by atoms with E-state index in [1.165, 1.54) is 0 Å². The summed E-state index contributed by atoms with van der Waals surface area (Å²) in [6.07, 6.45) is 2.86. The molecule has 0 saturated carbocycles. The van der Waals surface area contributed by atoms with Crippen LogP contribution in [0.25, 0.3) is 0 Å². The lowest BCUT2D eigenvalue weighted by Gasteiger charge is -2.52. The molecule has 2 aliphatic rings. The molecule has 1 N–H and O–H groups in total. The van der Waals surface area contributed by atoms with Crippen molar-refractivity contribution >= 4 is 16.5 Å². The van der Waals surface area contributed by atoms with Gasteiger partial charge in [-0.2, -0.15) is 0 Å². The van der Waals surface area contributed by atoms with Crippen molar-refractivity contribution in [1.82, 2.24) is 15.1 Å². The molecule has 136 valence electrons. The Balaban J connectivity index is 1.66. The largest absolute Gasteiger partial charge is 0.388 e. The highest BCUT2D eigenvalue weighted by Crippen LogP contribution is 2.41. The van der Waals surface area contributed by atoms with E-state index < -0.39 is 5.60 Å². The van der Waals surface area contributed by atoms with Gasteiger partial charge in [0.15, 0.2) is 0 Å². The normalized spacial score (nSPS) is 28.2. The molecule has 2 fully saturated rings. The lowest BCUT2D eigenvalue weighted by Crippen LogP contribution is -2.62. The van der Waals surface area contributed by atoms with E-state index in [4.69, 9.17) is 4.74 Å². The number of ether oxygens (including phenoxy) is 1. The first-order valence-electron chi connectivity index (χ1n) is 9.03. The summed E-state index contributed by atoms with van der Waals surface area (Å²) in [7, 11) is 0. The SMILES string of the molecule is CCCc1nnc(N2CC[C@@](O)(CN3CCOCC3)C(C)(C)C2)s1. The van der Waals surface area contributed by atoms with E-state index >= 15 is 0 Å². The molecular weight excluding hydrogens is 324 g/mol. The molecule has 0 amide bonds. The third-order valence-electron chi connectivity index (χ3n) is 5.42. The summed E-state index contributed by atoms with van der Waals surface area (Å²) in [5.41, 5.74) is -0.863. The summed E-state index contributed by atoms with van der Waals surface area (Å²) in [4.78, 5) is 4.63. The molecule has 0 spiro atoms. The molecule has 6 nitrogen and oxygen atoms in total. The molecule has 0 unspecified atom stereocenters. The van der Waals surface area contributed by atoms with Crippen LogP contribution in [0.1, 0.15) is 38.6 Å². The number of hydrogen-bond acceptors (Lipinski definition) is 7. The Bertz CT molecular complexity index is 544. The van der Waals surface area contributed by atoms with Gasteiger partial charge in [0.2, 0.25) is 5.13 Å². The molecule has 24 heavy (non-hydrogen) atoms. The first-order valence-corrected chi connectivity index (χ1v) is 9.85. The molecule has 0 aliphatic carbocycles. The number of hydrogen-bond donors (Lipinski definition) is 1. The maximum Gasteiger partial charge on any atom is 0.208 e. The molecule has 3 heterocycles. The lowest BCUT2D eigenvalue weighted by atomic mass is 9.69. The molecule has 7 heteroatoms. The van der Waals surface area contributed by atoms with Gasteiger partial charge >= 0.3 is 0 Å². The number of morpholine rings is 1. The van der Waals surface area contributed by atoms with E-state index in [1.807, 2.05) is 0 Å². The minimum atomic E-state index is -0.669. The number of nitrogens with zero attached hydrogens (tertiary/aromatic N) is 4. The van der Waals surface area contributed by atoms with Crippen LogP contribution in [-0.4, -0.2) is 71.7 Å². The van der Waals surface area contributed by atoms with Crippen molar-refractivity contribution in [2.75, 3.05) is 50.8 Å². The first kappa shape index (κ1) is 18.0.